The van der Waals surface area contributed by atoms with Gasteiger partial charge in [-0.15, -0.1) is 0 Å². The van der Waals surface area contributed by atoms with Crippen LogP contribution >= 0.6 is 0 Å². The SMILES string of the molecule is Cc1cccc(-c2ccc3ccc(C)cc3n2)c1.[Ir]. The smallest absolute Gasteiger partial charge is 0.0712 e. The van der Waals surface area contributed by atoms with Crippen LogP contribution in [0.2, 0.25) is 0 Å². The third-order valence-corrected chi connectivity index (χ3v) is 3.16. The first-order valence-electron chi connectivity index (χ1n) is 6.17. The van der Waals surface area contributed by atoms with Crippen LogP contribution in [0.15, 0.2) is 54.6 Å². The van der Waals surface area contributed by atoms with E-state index in [0.29, 0.717) is 0 Å². The van der Waals surface area contributed by atoms with Crippen molar-refractivity contribution in [3.05, 3.63) is 65.7 Å². The Morgan fingerprint density at radius 3 is 2.32 bits per heavy atom. The van der Waals surface area contributed by atoms with Gasteiger partial charge in [-0.05, 0) is 37.6 Å². The number of rotatable bonds is 1. The van der Waals surface area contributed by atoms with Crippen LogP contribution in [0.1, 0.15) is 11.1 Å². The predicted octanol–water partition coefficient (Wildman–Crippen LogP) is 4.52. The van der Waals surface area contributed by atoms with Gasteiger partial charge in [0.05, 0.1) is 11.2 Å². The van der Waals surface area contributed by atoms with E-state index in [1.54, 1.807) is 0 Å². The quantitative estimate of drug-likeness (QED) is 0.559. The molecule has 3 aromatic rings. The Morgan fingerprint density at radius 2 is 1.53 bits per heavy atom. The van der Waals surface area contributed by atoms with E-state index in [0.717, 1.165) is 11.2 Å². The number of hydrogen-bond donors (Lipinski definition) is 0. The third kappa shape index (κ3) is 2.91. The summed E-state index contributed by atoms with van der Waals surface area (Å²) in [4.78, 5) is 4.75. The Labute approximate surface area is 127 Å². The maximum absolute atomic E-state index is 4.75. The first-order valence-corrected chi connectivity index (χ1v) is 6.17. The number of benzene rings is 2. The predicted molar refractivity (Wildman–Crippen MR) is 76.7 cm³/mol. The molecule has 19 heavy (non-hydrogen) atoms. The van der Waals surface area contributed by atoms with Gasteiger partial charge in [-0.3, -0.25) is 0 Å². The molecular formula is C17H15IrN. The molecule has 0 amide bonds. The number of aromatic nitrogens is 1. The molecule has 0 aliphatic rings. The fourth-order valence-electron chi connectivity index (χ4n) is 2.19. The van der Waals surface area contributed by atoms with E-state index < -0.39 is 0 Å². The van der Waals surface area contributed by atoms with Crippen LogP contribution in [0.3, 0.4) is 0 Å². The molecule has 0 bridgehead atoms. The normalized spacial score (nSPS) is 10.2. The third-order valence-electron chi connectivity index (χ3n) is 3.16. The van der Waals surface area contributed by atoms with Gasteiger partial charge in [0.15, 0.2) is 0 Å². The molecule has 0 spiro atoms. The number of fused-ring (bicyclic) bond motifs is 1. The van der Waals surface area contributed by atoms with E-state index in [9.17, 15) is 0 Å². The van der Waals surface area contributed by atoms with E-state index in [4.69, 9.17) is 4.98 Å². The van der Waals surface area contributed by atoms with Gasteiger partial charge in [0, 0.05) is 31.1 Å². The molecule has 1 heterocycles. The Morgan fingerprint density at radius 1 is 0.789 bits per heavy atom. The van der Waals surface area contributed by atoms with Crippen LogP contribution in [-0.4, -0.2) is 4.98 Å². The Bertz CT molecular complexity index is 719. The average Bonchev–Trinajstić information content (AvgIpc) is 2.38. The summed E-state index contributed by atoms with van der Waals surface area (Å²) in [5, 5.41) is 1.19. The molecule has 0 saturated heterocycles. The molecule has 0 aliphatic carbocycles. The molecule has 0 atom stereocenters. The summed E-state index contributed by atoms with van der Waals surface area (Å²) in [6.07, 6.45) is 0. The van der Waals surface area contributed by atoms with Crippen LogP contribution < -0.4 is 0 Å². The zero-order chi connectivity index (χ0) is 12.5. The van der Waals surface area contributed by atoms with Crippen molar-refractivity contribution in [3.63, 3.8) is 0 Å². The number of aryl methyl sites for hydroxylation is 2. The Balaban J connectivity index is 0.00000133. The van der Waals surface area contributed by atoms with Gasteiger partial charge in [-0.25, -0.2) is 4.98 Å². The van der Waals surface area contributed by atoms with E-state index in [-0.39, 0.29) is 20.1 Å². The van der Waals surface area contributed by atoms with Crippen molar-refractivity contribution in [2.24, 2.45) is 0 Å². The van der Waals surface area contributed by atoms with Crippen molar-refractivity contribution in [3.8, 4) is 11.3 Å². The topological polar surface area (TPSA) is 12.9 Å². The molecule has 0 aliphatic heterocycles. The molecule has 1 radical (unpaired) electrons. The van der Waals surface area contributed by atoms with E-state index in [2.05, 4.69) is 68.4 Å². The summed E-state index contributed by atoms with van der Waals surface area (Å²) in [6, 6.07) is 19.1. The van der Waals surface area contributed by atoms with Gasteiger partial charge in [0.2, 0.25) is 0 Å². The zero-order valence-corrected chi connectivity index (χ0v) is 13.4. The minimum atomic E-state index is 0. The fourth-order valence-corrected chi connectivity index (χ4v) is 2.19. The molecule has 1 nitrogen and oxygen atoms in total. The molecule has 2 aromatic carbocycles. The van der Waals surface area contributed by atoms with Crippen molar-refractivity contribution in [2.75, 3.05) is 0 Å². The molecular weight excluding hydrogens is 410 g/mol. The second-order valence-corrected chi connectivity index (χ2v) is 4.76. The second kappa shape index (κ2) is 5.64. The van der Waals surface area contributed by atoms with Crippen LogP contribution in [0, 0.1) is 13.8 Å². The first-order chi connectivity index (χ1) is 8.72. The molecule has 0 saturated carbocycles. The molecule has 0 unspecified atom stereocenters. The van der Waals surface area contributed by atoms with E-state index >= 15 is 0 Å². The van der Waals surface area contributed by atoms with Gasteiger partial charge >= 0.3 is 0 Å². The fraction of sp³-hybridized carbons (Fsp3) is 0.118. The van der Waals surface area contributed by atoms with Crippen molar-refractivity contribution in [2.45, 2.75) is 13.8 Å². The number of hydrogen-bond acceptors (Lipinski definition) is 1. The molecule has 0 N–H and O–H groups in total. The summed E-state index contributed by atoms with van der Waals surface area (Å²) in [5.74, 6) is 0. The van der Waals surface area contributed by atoms with Gasteiger partial charge < -0.3 is 0 Å². The van der Waals surface area contributed by atoms with Crippen LogP contribution in [0.4, 0.5) is 0 Å². The van der Waals surface area contributed by atoms with Crippen molar-refractivity contribution >= 4 is 10.9 Å². The molecule has 0 fully saturated rings. The van der Waals surface area contributed by atoms with Crippen molar-refractivity contribution in [1.29, 1.82) is 0 Å². The Hall–Kier alpha value is -1.50. The summed E-state index contributed by atoms with van der Waals surface area (Å²) in [6.45, 7) is 4.20. The molecule has 1 aromatic heterocycles. The summed E-state index contributed by atoms with van der Waals surface area (Å²) in [7, 11) is 0. The standard InChI is InChI=1S/C17H15N.Ir/c1-12-4-3-5-15(10-12)16-9-8-14-7-6-13(2)11-17(14)18-16;/h3-11H,1-2H3;. The number of nitrogens with zero attached hydrogens (tertiary/aromatic N) is 1. The van der Waals surface area contributed by atoms with Gasteiger partial charge in [0.25, 0.3) is 0 Å². The minimum Gasteiger partial charge on any atom is -0.248 e. The van der Waals surface area contributed by atoms with Gasteiger partial charge in [-0.2, -0.15) is 0 Å². The molecule has 97 valence electrons. The zero-order valence-electron chi connectivity index (χ0n) is 11.0. The maximum Gasteiger partial charge on any atom is 0.0712 e. The van der Waals surface area contributed by atoms with Crippen molar-refractivity contribution in [1.82, 2.24) is 4.98 Å². The van der Waals surface area contributed by atoms with E-state index in [1.807, 2.05) is 0 Å². The largest absolute Gasteiger partial charge is 0.248 e. The van der Waals surface area contributed by atoms with Crippen molar-refractivity contribution < 1.29 is 20.1 Å². The Kier molecular flexibility index (Phi) is 4.14. The van der Waals surface area contributed by atoms with Crippen LogP contribution in [0.25, 0.3) is 22.2 Å². The van der Waals surface area contributed by atoms with Crippen LogP contribution in [-0.2, 0) is 20.1 Å². The monoisotopic (exact) mass is 426 g/mol. The maximum atomic E-state index is 4.75. The average molecular weight is 426 g/mol. The number of pyridine rings is 1. The minimum absolute atomic E-state index is 0. The van der Waals surface area contributed by atoms with Gasteiger partial charge in [-0.1, -0.05) is 42.0 Å². The molecule has 3 rings (SSSR count). The summed E-state index contributed by atoms with van der Waals surface area (Å²) >= 11 is 0. The molecule has 2 heteroatoms. The van der Waals surface area contributed by atoms with E-state index in [1.165, 1.54) is 22.1 Å². The summed E-state index contributed by atoms with van der Waals surface area (Å²) < 4.78 is 0. The van der Waals surface area contributed by atoms with Gasteiger partial charge in [0.1, 0.15) is 0 Å². The second-order valence-electron chi connectivity index (χ2n) is 4.76. The van der Waals surface area contributed by atoms with Crippen LogP contribution in [0.5, 0.6) is 0 Å². The summed E-state index contributed by atoms with van der Waals surface area (Å²) in [5.41, 5.74) is 5.79. The first kappa shape index (κ1) is 13.9.